The van der Waals surface area contributed by atoms with Gasteiger partial charge in [0.15, 0.2) is 5.69 Å². The summed E-state index contributed by atoms with van der Waals surface area (Å²) in [5.41, 5.74) is 7.33. The van der Waals surface area contributed by atoms with E-state index in [-0.39, 0.29) is 47.2 Å². The Labute approximate surface area is 211 Å². The average molecular weight is 513 g/mol. The zero-order valence-electron chi connectivity index (χ0n) is 19.7. The normalized spacial score (nSPS) is 20.8. The summed E-state index contributed by atoms with van der Waals surface area (Å²) in [7, 11) is 0. The van der Waals surface area contributed by atoms with E-state index in [4.69, 9.17) is 23.2 Å². The number of carbonyl (C=O) groups is 3. The van der Waals surface area contributed by atoms with Gasteiger partial charge in [-0.1, -0.05) is 35.4 Å². The van der Waals surface area contributed by atoms with Crippen LogP contribution in [0.3, 0.4) is 0 Å². The Kier molecular flexibility index (Phi) is 6.17. The van der Waals surface area contributed by atoms with Gasteiger partial charge in [0.1, 0.15) is 18.4 Å². The van der Waals surface area contributed by atoms with Crippen molar-refractivity contribution in [1.29, 1.82) is 0 Å². The highest BCUT2D eigenvalue weighted by Gasteiger charge is 2.51. The standard InChI is InChI=1S/C25H26ClFN6O3/c1-13-5-7-19-16(9-13)23(24(28)35)30-32(19)12-21(34)33-18-8-6-14(18)10-20(33)25(36)31(29)11-15-3-2-4-17(26)22(15)27/h2-5,7,9,14,18,20H,6,8,10-12,29H2,1H3,(H2,28,35)/t14-,18-,20+/m1/s1. The van der Waals surface area contributed by atoms with Gasteiger partial charge in [0, 0.05) is 17.0 Å². The molecule has 2 aromatic carbocycles. The Morgan fingerprint density at radius 3 is 2.69 bits per heavy atom. The van der Waals surface area contributed by atoms with Crippen molar-refractivity contribution < 1.29 is 18.8 Å². The van der Waals surface area contributed by atoms with Crippen LogP contribution in [0.5, 0.6) is 0 Å². The molecule has 188 valence electrons. The summed E-state index contributed by atoms with van der Waals surface area (Å²) in [5.74, 6) is 4.19. The molecule has 0 unspecified atom stereocenters. The molecule has 1 aliphatic heterocycles. The Morgan fingerprint density at radius 1 is 1.22 bits per heavy atom. The SMILES string of the molecule is Cc1ccc2c(c1)c(C(N)=O)nn2CC(=O)N1[C@@H]2CC[C@@H]2C[C@H]1C(=O)N(N)Cc1cccc(Cl)c1F. The van der Waals surface area contributed by atoms with Crippen LogP contribution in [-0.4, -0.2) is 49.5 Å². The summed E-state index contributed by atoms with van der Waals surface area (Å²) in [6.45, 7) is 1.55. The van der Waals surface area contributed by atoms with Gasteiger partial charge in [-0.15, -0.1) is 0 Å². The second kappa shape index (κ2) is 9.18. The van der Waals surface area contributed by atoms with Crippen molar-refractivity contribution in [1.82, 2.24) is 19.7 Å². The van der Waals surface area contributed by atoms with Crippen molar-refractivity contribution in [3.63, 3.8) is 0 Å². The van der Waals surface area contributed by atoms with E-state index in [0.29, 0.717) is 17.3 Å². The first-order valence-corrected chi connectivity index (χ1v) is 12.1. The van der Waals surface area contributed by atoms with Crippen molar-refractivity contribution in [2.24, 2.45) is 17.5 Å². The molecule has 3 amide bonds. The van der Waals surface area contributed by atoms with E-state index in [1.54, 1.807) is 23.1 Å². The second-order valence-corrected chi connectivity index (χ2v) is 9.93. The van der Waals surface area contributed by atoms with Crippen LogP contribution in [0, 0.1) is 18.7 Å². The number of hydrogen-bond acceptors (Lipinski definition) is 5. The van der Waals surface area contributed by atoms with Crippen molar-refractivity contribution in [3.05, 3.63) is 64.1 Å². The Bertz CT molecular complexity index is 1390. The van der Waals surface area contributed by atoms with E-state index in [9.17, 15) is 18.8 Å². The van der Waals surface area contributed by atoms with Gasteiger partial charge in [0.25, 0.3) is 11.8 Å². The summed E-state index contributed by atoms with van der Waals surface area (Å²) in [4.78, 5) is 40.4. The monoisotopic (exact) mass is 512 g/mol. The van der Waals surface area contributed by atoms with Crippen LogP contribution in [0.1, 0.15) is 40.9 Å². The molecule has 1 saturated heterocycles. The van der Waals surface area contributed by atoms with Gasteiger partial charge in [-0.05, 0) is 50.3 Å². The number of nitrogens with two attached hydrogens (primary N) is 2. The van der Waals surface area contributed by atoms with Gasteiger partial charge in [0.05, 0.1) is 17.1 Å². The minimum absolute atomic E-state index is 0.0546. The quantitative estimate of drug-likeness (QED) is 0.298. The molecule has 0 bridgehead atoms. The number of fused-ring (bicyclic) bond motifs is 2. The molecule has 5 rings (SSSR count). The molecular weight excluding hydrogens is 487 g/mol. The number of aromatic nitrogens is 2. The molecule has 4 N–H and O–H groups in total. The van der Waals surface area contributed by atoms with Crippen LogP contribution >= 0.6 is 11.6 Å². The van der Waals surface area contributed by atoms with E-state index in [1.807, 2.05) is 13.0 Å². The lowest BCUT2D eigenvalue weighted by Gasteiger charge is -2.37. The molecule has 2 fully saturated rings. The van der Waals surface area contributed by atoms with E-state index in [1.165, 1.54) is 16.8 Å². The molecular formula is C25H26ClFN6O3. The van der Waals surface area contributed by atoms with Crippen molar-refractivity contribution in [3.8, 4) is 0 Å². The van der Waals surface area contributed by atoms with Crippen LogP contribution in [0.15, 0.2) is 36.4 Å². The Hall–Kier alpha value is -3.50. The first-order valence-electron chi connectivity index (χ1n) is 11.7. The van der Waals surface area contributed by atoms with Gasteiger partial charge in [-0.2, -0.15) is 5.10 Å². The molecule has 2 aliphatic rings. The fraction of sp³-hybridized carbons (Fsp3) is 0.360. The third kappa shape index (κ3) is 4.10. The second-order valence-electron chi connectivity index (χ2n) is 9.53. The number of rotatable bonds is 6. The number of likely N-dealkylation sites (tertiary alicyclic amines) is 1. The summed E-state index contributed by atoms with van der Waals surface area (Å²) < 4.78 is 15.8. The number of halogens is 2. The maximum absolute atomic E-state index is 14.4. The van der Waals surface area contributed by atoms with Gasteiger partial charge < -0.3 is 10.6 Å². The Morgan fingerprint density at radius 2 is 2.00 bits per heavy atom. The van der Waals surface area contributed by atoms with Crippen molar-refractivity contribution in [2.45, 2.75) is 51.4 Å². The molecule has 3 aromatic rings. The molecule has 2 heterocycles. The molecule has 1 aromatic heterocycles. The number of benzene rings is 2. The molecule has 3 atom stereocenters. The van der Waals surface area contributed by atoms with Crippen LogP contribution in [0.4, 0.5) is 4.39 Å². The molecule has 1 saturated carbocycles. The van der Waals surface area contributed by atoms with E-state index >= 15 is 0 Å². The summed E-state index contributed by atoms with van der Waals surface area (Å²) >= 11 is 5.85. The predicted molar refractivity (Wildman–Crippen MR) is 131 cm³/mol. The van der Waals surface area contributed by atoms with Crippen LogP contribution in [0.25, 0.3) is 10.9 Å². The Balaban J connectivity index is 1.39. The fourth-order valence-electron chi connectivity index (χ4n) is 5.33. The molecule has 0 radical (unpaired) electrons. The molecule has 1 aliphatic carbocycles. The average Bonchev–Trinajstić information content (AvgIpc) is 3.30. The number of hydrazine groups is 1. The highest BCUT2D eigenvalue weighted by Crippen LogP contribution is 2.44. The molecule has 9 nitrogen and oxygen atoms in total. The van der Waals surface area contributed by atoms with E-state index in [2.05, 4.69) is 5.10 Å². The van der Waals surface area contributed by atoms with Gasteiger partial charge >= 0.3 is 0 Å². The molecule has 36 heavy (non-hydrogen) atoms. The maximum atomic E-state index is 14.4. The van der Waals surface area contributed by atoms with Crippen LogP contribution in [-0.2, 0) is 22.7 Å². The smallest absolute Gasteiger partial charge is 0.269 e. The van der Waals surface area contributed by atoms with Crippen molar-refractivity contribution in [2.75, 3.05) is 0 Å². The number of primary amides is 1. The van der Waals surface area contributed by atoms with Gasteiger partial charge in [-0.3, -0.25) is 24.1 Å². The minimum Gasteiger partial charge on any atom is -0.364 e. The largest absolute Gasteiger partial charge is 0.364 e. The van der Waals surface area contributed by atoms with Crippen LogP contribution in [0.2, 0.25) is 5.02 Å². The first kappa shape index (κ1) is 24.2. The number of nitrogens with zero attached hydrogens (tertiary/aromatic N) is 4. The van der Waals surface area contributed by atoms with E-state index < -0.39 is 23.7 Å². The number of carbonyl (C=O) groups excluding carboxylic acids is 3. The lowest BCUT2D eigenvalue weighted by molar-refractivity contribution is -0.147. The predicted octanol–water partition coefficient (Wildman–Crippen LogP) is 2.52. The molecule has 0 spiro atoms. The van der Waals surface area contributed by atoms with Gasteiger partial charge in [-0.25, -0.2) is 10.2 Å². The zero-order chi connectivity index (χ0) is 25.7. The fourth-order valence-corrected chi connectivity index (χ4v) is 5.53. The molecule has 11 heteroatoms. The zero-order valence-corrected chi connectivity index (χ0v) is 20.4. The minimum atomic E-state index is -0.762. The lowest BCUT2D eigenvalue weighted by atomic mass is 9.80. The summed E-state index contributed by atoms with van der Waals surface area (Å²) in [6, 6.07) is 9.14. The van der Waals surface area contributed by atoms with E-state index in [0.717, 1.165) is 23.4 Å². The third-order valence-electron chi connectivity index (χ3n) is 7.25. The highest BCUT2D eigenvalue weighted by molar-refractivity contribution is 6.30. The number of aryl methyl sites for hydroxylation is 1. The third-order valence-corrected chi connectivity index (χ3v) is 7.54. The van der Waals surface area contributed by atoms with Crippen LogP contribution < -0.4 is 11.6 Å². The lowest BCUT2D eigenvalue weighted by Crippen LogP contribution is -2.53. The maximum Gasteiger partial charge on any atom is 0.269 e. The first-order chi connectivity index (χ1) is 17.2. The highest BCUT2D eigenvalue weighted by atomic mass is 35.5. The summed E-state index contributed by atoms with van der Waals surface area (Å²) in [6.07, 6.45) is 2.20. The summed E-state index contributed by atoms with van der Waals surface area (Å²) in [5, 5.41) is 5.77. The number of hydrogen-bond donors (Lipinski definition) is 2. The number of amides is 3. The topological polar surface area (TPSA) is 128 Å². The van der Waals surface area contributed by atoms with Gasteiger partial charge in [0.2, 0.25) is 5.91 Å². The van der Waals surface area contributed by atoms with Crippen molar-refractivity contribution >= 4 is 40.2 Å².